The molecule has 3 rings (SSSR count). The average Bonchev–Trinajstić information content (AvgIpc) is 2.52. The second-order valence-corrected chi connectivity index (χ2v) is 5.43. The standard InChI is InChI=1S/C14H14Cl2N4O/c15-10-1-2-11(16)12(9-10)18-14-17-4-3-13(19-14)20-5-7-21-8-6-20/h1-4,9H,5-8H2,(H,17,18,19). The Bertz CT molecular complexity index is 632. The lowest BCUT2D eigenvalue weighted by Crippen LogP contribution is -2.36. The van der Waals surface area contributed by atoms with Crippen LogP contribution in [0.15, 0.2) is 30.5 Å². The van der Waals surface area contributed by atoms with Gasteiger partial charge in [-0.15, -0.1) is 0 Å². The zero-order valence-corrected chi connectivity index (χ0v) is 12.7. The van der Waals surface area contributed by atoms with Crippen LogP contribution in [-0.4, -0.2) is 36.3 Å². The summed E-state index contributed by atoms with van der Waals surface area (Å²) in [5.74, 6) is 1.36. The number of anilines is 3. The van der Waals surface area contributed by atoms with Crippen molar-refractivity contribution in [2.24, 2.45) is 0 Å². The minimum Gasteiger partial charge on any atom is -0.378 e. The smallest absolute Gasteiger partial charge is 0.229 e. The lowest BCUT2D eigenvalue weighted by molar-refractivity contribution is 0.122. The third-order valence-electron chi connectivity index (χ3n) is 3.15. The summed E-state index contributed by atoms with van der Waals surface area (Å²) in [5, 5.41) is 4.27. The number of benzene rings is 1. The van der Waals surface area contributed by atoms with Crippen LogP contribution in [0.5, 0.6) is 0 Å². The Morgan fingerprint density at radius 2 is 1.95 bits per heavy atom. The first-order valence-corrected chi connectivity index (χ1v) is 7.36. The number of ether oxygens (including phenoxy) is 1. The monoisotopic (exact) mass is 324 g/mol. The molecule has 0 aliphatic carbocycles. The molecule has 1 N–H and O–H groups in total. The Kier molecular flexibility index (Phi) is 4.43. The Labute approximate surface area is 132 Å². The van der Waals surface area contributed by atoms with Gasteiger partial charge in [-0.2, -0.15) is 4.98 Å². The zero-order valence-electron chi connectivity index (χ0n) is 11.2. The lowest BCUT2D eigenvalue weighted by atomic mass is 10.3. The van der Waals surface area contributed by atoms with Gasteiger partial charge in [0.15, 0.2) is 0 Å². The van der Waals surface area contributed by atoms with Crippen LogP contribution in [0.4, 0.5) is 17.5 Å². The molecule has 1 saturated heterocycles. The quantitative estimate of drug-likeness (QED) is 0.938. The molecule has 0 saturated carbocycles. The number of hydrogen-bond acceptors (Lipinski definition) is 5. The van der Waals surface area contributed by atoms with Gasteiger partial charge in [0.2, 0.25) is 5.95 Å². The van der Waals surface area contributed by atoms with Gasteiger partial charge < -0.3 is 15.0 Å². The summed E-state index contributed by atoms with van der Waals surface area (Å²) in [6.07, 6.45) is 1.72. The van der Waals surface area contributed by atoms with Crippen LogP contribution in [-0.2, 0) is 4.74 Å². The molecule has 7 heteroatoms. The second-order valence-electron chi connectivity index (χ2n) is 4.59. The predicted octanol–water partition coefficient (Wildman–Crippen LogP) is 3.36. The number of rotatable bonds is 3. The van der Waals surface area contributed by atoms with Gasteiger partial charge in [0, 0.05) is 24.3 Å². The minimum atomic E-state index is 0.489. The number of aromatic nitrogens is 2. The molecule has 2 heterocycles. The van der Waals surface area contributed by atoms with Gasteiger partial charge in [-0.1, -0.05) is 23.2 Å². The maximum Gasteiger partial charge on any atom is 0.229 e. The first-order chi connectivity index (χ1) is 10.2. The summed E-state index contributed by atoms with van der Waals surface area (Å²) in [4.78, 5) is 10.9. The largest absolute Gasteiger partial charge is 0.378 e. The van der Waals surface area contributed by atoms with Crippen molar-refractivity contribution in [3.63, 3.8) is 0 Å². The van der Waals surface area contributed by atoms with Crippen molar-refractivity contribution in [2.45, 2.75) is 0 Å². The van der Waals surface area contributed by atoms with Crippen molar-refractivity contribution in [1.82, 2.24) is 9.97 Å². The van der Waals surface area contributed by atoms with E-state index in [1.807, 2.05) is 6.07 Å². The van der Waals surface area contributed by atoms with Gasteiger partial charge in [-0.3, -0.25) is 0 Å². The first-order valence-electron chi connectivity index (χ1n) is 6.60. The van der Waals surface area contributed by atoms with E-state index in [1.54, 1.807) is 24.4 Å². The number of nitrogens with zero attached hydrogens (tertiary/aromatic N) is 3. The van der Waals surface area contributed by atoms with Crippen LogP contribution in [0, 0.1) is 0 Å². The highest BCUT2D eigenvalue weighted by Gasteiger charge is 2.13. The minimum absolute atomic E-state index is 0.489. The third-order valence-corrected chi connectivity index (χ3v) is 3.72. The van der Waals surface area contributed by atoms with Crippen LogP contribution >= 0.6 is 23.2 Å². The lowest BCUT2D eigenvalue weighted by Gasteiger charge is -2.27. The Morgan fingerprint density at radius 3 is 2.76 bits per heavy atom. The maximum atomic E-state index is 6.13. The molecule has 1 aromatic carbocycles. The molecule has 2 aromatic rings. The molecule has 1 aliphatic rings. The fourth-order valence-corrected chi connectivity index (χ4v) is 2.43. The van der Waals surface area contributed by atoms with E-state index in [-0.39, 0.29) is 0 Å². The van der Waals surface area contributed by atoms with E-state index in [0.717, 1.165) is 18.9 Å². The van der Waals surface area contributed by atoms with E-state index in [9.17, 15) is 0 Å². The summed E-state index contributed by atoms with van der Waals surface area (Å²) in [5.41, 5.74) is 0.684. The summed E-state index contributed by atoms with van der Waals surface area (Å²) in [7, 11) is 0. The molecule has 0 radical (unpaired) electrons. The van der Waals surface area contributed by atoms with E-state index >= 15 is 0 Å². The van der Waals surface area contributed by atoms with Gasteiger partial charge in [0.25, 0.3) is 0 Å². The Hall–Kier alpha value is -1.56. The Morgan fingerprint density at radius 1 is 1.14 bits per heavy atom. The molecule has 0 spiro atoms. The summed E-state index contributed by atoms with van der Waals surface area (Å²) in [6.45, 7) is 3.09. The molecule has 0 bridgehead atoms. The van der Waals surface area contributed by atoms with E-state index in [2.05, 4.69) is 20.2 Å². The summed E-state index contributed by atoms with van der Waals surface area (Å²) < 4.78 is 5.34. The van der Waals surface area contributed by atoms with Crippen molar-refractivity contribution >= 4 is 40.7 Å². The SMILES string of the molecule is Clc1ccc(Cl)c(Nc2nccc(N3CCOCC3)n2)c1. The Balaban J connectivity index is 1.81. The molecule has 5 nitrogen and oxygen atoms in total. The molecular weight excluding hydrogens is 311 g/mol. The molecule has 1 aliphatic heterocycles. The van der Waals surface area contributed by atoms with E-state index in [4.69, 9.17) is 27.9 Å². The zero-order chi connectivity index (χ0) is 14.7. The van der Waals surface area contributed by atoms with E-state index < -0.39 is 0 Å². The van der Waals surface area contributed by atoms with Crippen molar-refractivity contribution < 1.29 is 4.74 Å². The van der Waals surface area contributed by atoms with E-state index in [0.29, 0.717) is 34.9 Å². The predicted molar refractivity (Wildman–Crippen MR) is 84.8 cm³/mol. The van der Waals surface area contributed by atoms with Gasteiger partial charge in [-0.05, 0) is 24.3 Å². The molecule has 1 aromatic heterocycles. The molecule has 0 atom stereocenters. The summed E-state index contributed by atoms with van der Waals surface area (Å²) in [6, 6.07) is 7.10. The number of nitrogens with one attached hydrogen (secondary N) is 1. The number of hydrogen-bond donors (Lipinski definition) is 1. The van der Waals surface area contributed by atoms with Crippen molar-refractivity contribution in [3.05, 3.63) is 40.5 Å². The fourth-order valence-electron chi connectivity index (χ4n) is 2.09. The normalized spacial score (nSPS) is 15.0. The average molecular weight is 325 g/mol. The highest BCUT2D eigenvalue weighted by molar-refractivity contribution is 6.35. The molecular formula is C14H14Cl2N4O. The van der Waals surface area contributed by atoms with Gasteiger partial charge >= 0.3 is 0 Å². The second kappa shape index (κ2) is 6.47. The number of morpholine rings is 1. The van der Waals surface area contributed by atoms with Crippen molar-refractivity contribution in [1.29, 1.82) is 0 Å². The molecule has 1 fully saturated rings. The van der Waals surface area contributed by atoms with Crippen LogP contribution in [0.3, 0.4) is 0 Å². The molecule has 0 unspecified atom stereocenters. The van der Waals surface area contributed by atoms with Crippen LogP contribution < -0.4 is 10.2 Å². The molecule has 0 amide bonds. The topological polar surface area (TPSA) is 50.3 Å². The van der Waals surface area contributed by atoms with Gasteiger partial charge in [0.1, 0.15) is 5.82 Å². The highest BCUT2D eigenvalue weighted by Crippen LogP contribution is 2.27. The van der Waals surface area contributed by atoms with E-state index in [1.165, 1.54) is 0 Å². The fraction of sp³-hybridized carbons (Fsp3) is 0.286. The molecule has 21 heavy (non-hydrogen) atoms. The molecule has 110 valence electrons. The van der Waals surface area contributed by atoms with Crippen LogP contribution in [0.25, 0.3) is 0 Å². The highest BCUT2D eigenvalue weighted by atomic mass is 35.5. The van der Waals surface area contributed by atoms with Crippen LogP contribution in [0.2, 0.25) is 10.0 Å². The summed E-state index contributed by atoms with van der Waals surface area (Å²) >= 11 is 12.1. The van der Waals surface area contributed by atoms with Crippen LogP contribution in [0.1, 0.15) is 0 Å². The number of halogens is 2. The van der Waals surface area contributed by atoms with Crippen molar-refractivity contribution in [2.75, 3.05) is 36.5 Å². The van der Waals surface area contributed by atoms with Crippen molar-refractivity contribution in [3.8, 4) is 0 Å². The first kappa shape index (κ1) is 14.4. The van der Waals surface area contributed by atoms with Gasteiger partial charge in [-0.25, -0.2) is 4.98 Å². The van der Waals surface area contributed by atoms with Gasteiger partial charge in [0.05, 0.1) is 23.9 Å². The third kappa shape index (κ3) is 3.56. The maximum absolute atomic E-state index is 6.13.